The van der Waals surface area contributed by atoms with Crippen LogP contribution in [0.3, 0.4) is 0 Å². The molecule has 1 saturated heterocycles. The normalized spacial score (nSPS) is 27.0. The van der Waals surface area contributed by atoms with Gasteiger partial charge in [-0.25, -0.2) is 0 Å². The van der Waals surface area contributed by atoms with E-state index in [4.69, 9.17) is 5.11 Å². The topological polar surface area (TPSA) is 68.4 Å². The predicted octanol–water partition coefficient (Wildman–Crippen LogP) is 1.24. The smallest absolute Gasteiger partial charge is 0.224 e. The van der Waals surface area contributed by atoms with E-state index in [1.807, 2.05) is 0 Å². The Kier molecular flexibility index (Phi) is 3.62. The van der Waals surface area contributed by atoms with Gasteiger partial charge in [0.15, 0.2) is 0 Å². The molecule has 1 aliphatic carbocycles. The molecule has 0 bridgehead atoms. The lowest BCUT2D eigenvalue weighted by Gasteiger charge is -2.45. The Morgan fingerprint density at radius 3 is 3.17 bits per heavy atom. The summed E-state index contributed by atoms with van der Waals surface area (Å²) in [5.74, 6) is 0.450. The van der Waals surface area contributed by atoms with Gasteiger partial charge in [0.05, 0.1) is 12.5 Å². The highest BCUT2D eigenvalue weighted by molar-refractivity contribution is 5.88. The first kappa shape index (κ1) is 14.7. The van der Waals surface area contributed by atoms with Gasteiger partial charge in [-0.05, 0) is 37.1 Å². The van der Waals surface area contributed by atoms with Crippen molar-refractivity contribution in [1.29, 1.82) is 0 Å². The highest BCUT2D eigenvalue weighted by atomic mass is 16.3. The first-order chi connectivity index (χ1) is 11.2. The third-order valence-corrected chi connectivity index (χ3v) is 5.51. The van der Waals surface area contributed by atoms with Crippen LogP contribution in [0.15, 0.2) is 24.4 Å². The van der Waals surface area contributed by atoms with Crippen LogP contribution in [0.25, 0.3) is 10.9 Å². The van der Waals surface area contributed by atoms with Crippen LogP contribution in [-0.4, -0.2) is 53.7 Å². The molecule has 1 aromatic heterocycles. The summed E-state index contributed by atoms with van der Waals surface area (Å²) >= 11 is 0. The molecule has 1 amide bonds. The van der Waals surface area contributed by atoms with Crippen LogP contribution >= 0.6 is 0 Å². The molecule has 1 aliphatic heterocycles. The zero-order chi connectivity index (χ0) is 16.0. The second-order valence-electron chi connectivity index (χ2n) is 6.85. The van der Waals surface area contributed by atoms with Crippen LogP contribution in [0.4, 0.5) is 0 Å². The maximum absolute atomic E-state index is 12.4. The van der Waals surface area contributed by atoms with E-state index < -0.39 is 0 Å². The Bertz CT molecular complexity index is 739. The fourth-order valence-corrected chi connectivity index (χ4v) is 4.46. The fraction of sp³-hybridized carbons (Fsp3) is 0.500. The highest BCUT2D eigenvalue weighted by Crippen LogP contribution is 2.44. The highest BCUT2D eigenvalue weighted by Gasteiger charge is 2.41. The van der Waals surface area contributed by atoms with Gasteiger partial charge in [0, 0.05) is 42.1 Å². The SMILES string of the molecule is CN1C[C@H](C(=O)NCCO)CC2c3cccc4[nH]cc(c34)C[C@H]21. The second-order valence-corrected chi connectivity index (χ2v) is 6.85. The molecule has 5 nitrogen and oxygen atoms in total. The lowest BCUT2D eigenvalue weighted by atomic mass is 9.72. The van der Waals surface area contributed by atoms with Gasteiger partial charge in [-0.3, -0.25) is 4.79 Å². The number of nitrogens with zero attached hydrogens (tertiary/aromatic N) is 1. The molecule has 122 valence electrons. The molecule has 3 N–H and O–H groups in total. The maximum atomic E-state index is 12.4. The van der Waals surface area contributed by atoms with Crippen molar-refractivity contribution in [3.05, 3.63) is 35.5 Å². The fourth-order valence-electron chi connectivity index (χ4n) is 4.46. The molecule has 5 heteroatoms. The van der Waals surface area contributed by atoms with Crippen molar-refractivity contribution in [3.8, 4) is 0 Å². The number of piperidine rings is 1. The Hall–Kier alpha value is -1.85. The number of hydrogen-bond donors (Lipinski definition) is 3. The number of aliphatic hydroxyl groups is 1. The summed E-state index contributed by atoms with van der Waals surface area (Å²) in [7, 11) is 2.13. The second kappa shape index (κ2) is 5.65. The first-order valence-electron chi connectivity index (χ1n) is 8.36. The van der Waals surface area contributed by atoms with E-state index in [-0.39, 0.29) is 18.4 Å². The largest absolute Gasteiger partial charge is 0.395 e. The average molecular weight is 313 g/mol. The van der Waals surface area contributed by atoms with Crippen LogP contribution in [0, 0.1) is 5.92 Å². The van der Waals surface area contributed by atoms with Gasteiger partial charge in [-0.2, -0.15) is 0 Å². The molecule has 0 spiro atoms. The lowest BCUT2D eigenvalue weighted by molar-refractivity contribution is -0.127. The Balaban J connectivity index is 1.67. The number of nitrogens with one attached hydrogen (secondary N) is 2. The molecule has 1 aromatic carbocycles. The van der Waals surface area contributed by atoms with E-state index in [1.54, 1.807) is 0 Å². The number of fused-ring (bicyclic) bond motifs is 2. The number of aliphatic hydroxyl groups excluding tert-OH is 1. The monoisotopic (exact) mass is 313 g/mol. The van der Waals surface area contributed by atoms with Crippen LogP contribution < -0.4 is 5.32 Å². The van der Waals surface area contributed by atoms with E-state index in [0.717, 1.165) is 19.4 Å². The lowest BCUT2D eigenvalue weighted by Crippen LogP contribution is -2.51. The Morgan fingerprint density at radius 2 is 2.35 bits per heavy atom. The quantitative estimate of drug-likeness (QED) is 0.798. The van der Waals surface area contributed by atoms with Crippen molar-refractivity contribution >= 4 is 16.8 Å². The summed E-state index contributed by atoms with van der Waals surface area (Å²) in [6.45, 7) is 1.12. The van der Waals surface area contributed by atoms with E-state index in [9.17, 15) is 4.79 Å². The number of likely N-dealkylation sites (tertiary alicyclic amines) is 1. The zero-order valence-corrected chi connectivity index (χ0v) is 13.4. The first-order valence-corrected chi connectivity index (χ1v) is 8.36. The summed E-state index contributed by atoms with van der Waals surface area (Å²) in [6, 6.07) is 6.92. The van der Waals surface area contributed by atoms with Crippen molar-refractivity contribution in [1.82, 2.24) is 15.2 Å². The Morgan fingerprint density at radius 1 is 1.48 bits per heavy atom. The minimum Gasteiger partial charge on any atom is -0.395 e. The third-order valence-electron chi connectivity index (χ3n) is 5.51. The number of aromatic nitrogens is 1. The molecule has 2 aromatic rings. The minimum atomic E-state index is -0.0106. The van der Waals surface area contributed by atoms with Crippen molar-refractivity contribution in [2.75, 3.05) is 26.7 Å². The van der Waals surface area contributed by atoms with Crippen molar-refractivity contribution < 1.29 is 9.90 Å². The van der Waals surface area contributed by atoms with Crippen LogP contribution in [0.2, 0.25) is 0 Å². The molecule has 23 heavy (non-hydrogen) atoms. The number of carbonyl (C=O) groups excluding carboxylic acids is 1. The van der Waals surface area contributed by atoms with Crippen molar-refractivity contribution in [2.45, 2.75) is 24.8 Å². The number of benzene rings is 1. The van der Waals surface area contributed by atoms with E-state index >= 15 is 0 Å². The standard InChI is InChI=1S/C18H23N3O2/c1-21-10-12(18(23)19-5-6-22)7-14-13-3-2-4-15-17(13)11(9-20-15)8-16(14)21/h2-4,9,12,14,16,20,22H,5-8,10H2,1H3,(H,19,23)/t12-,14?,16-/m1/s1. The van der Waals surface area contributed by atoms with Crippen molar-refractivity contribution in [2.24, 2.45) is 5.92 Å². The van der Waals surface area contributed by atoms with E-state index in [2.05, 4.69) is 46.6 Å². The molecular weight excluding hydrogens is 290 g/mol. The molecule has 0 saturated carbocycles. The average Bonchev–Trinajstić information content (AvgIpc) is 2.98. The van der Waals surface area contributed by atoms with Gasteiger partial charge in [0.1, 0.15) is 0 Å². The number of hydrogen-bond acceptors (Lipinski definition) is 3. The molecule has 4 rings (SSSR count). The van der Waals surface area contributed by atoms with Gasteiger partial charge in [0.2, 0.25) is 5.91 Å². The van der Waals surface area contributed by atoms with Gasteiger partial charge in [-0.15, -0.1) is 0 Å². The van der Waals surface area contributed by atoms with Crippen molar-refractivity contribution in [3.63, 3.8) is 0 Å². The molecule has 2 aliphatic rings. The van der Waals surface area contributed by atoms with Crippen LogP contribution in [0.5, 0.6) is 0 Å². The Labute approximate surface area is 135 Å². The predicted molar refractivity (Wildman–Crippen MR) is 89.4 cm³/mol. The maximum Gasteiger partial charge on any atom is 0.224 e. The van der Waals surface area contributed by atoms with Gasteiger partial charge in [0.25, 0.3) is 0 Å². The summed E-state index contributed by atoms with van der Waals surface area (Å²) in [4.78, 5) is 18.1. The van der Waals surface area contributed by atoms with Crippen LogP contribution in [0.1, 0.15) is 23.5 Å². The number of amides is 1. The van der Waals surface area contributed by atoms with E-state index in [0.29, 0.717) is 18.5 Å². The number of H-pyrrole nitrogens is 1. The zero-order valence-electron chi connectivity index (χ0n) is 13.4. The summed E-state index contributed by atoms with van der Waals surface area (Å²) in [5.41, 5.74) is 3.97. The molecule has 1 unspecified atom stereocenters. The molecule has 2 heterocycles. The van der Waals surface area contributed by atoms with Gasteiger partial charge in [-0.1, -0.05) is 12.1 Å². The molecule has 1 fully saturated rings. The molecule has 0 radical (unpaired) electrons. The summed E-state index contributed by atoms with van der Waals surface area (Å²) in [5, 5.41) is 13.1. The van der Waals surface area contributed by atoms with Gasteiger partial charge >= 0.3 is 0 Å². The van der Waals surface area contributed by atoms with E-state index in [1.165, 1.54) is 22.0 Å². The third kappa shape index (κ3) is 2.35. The summed E-state index contributed by atoms with van der Waals surface area (Å²) < 4.78 is 0. The molecular formula is C18H23N3O2. The number of likely N-dealkylation sites (N-methyl/N-ethyl adjacent to an activating group) is 1. The number of carbonyl (C=O) groups is 1. The minimum absolute atomic E-state index is 0.00757. The van der Waals surface area contributed by atoms with Crippen LogP contribution in [-0.2, 0) is 11.2 Å². The number of rotatable bonds is 3. The number of aromatic amines is 1. The van der Waals surface area contributed by atoms with Gasteiger partial charge < -0.3 is 20.3 Å². The molecule has 3 atom stereocenters. The summed E-state index contributed by atoms with van der Waals surface area (Å²) in [6.07, 6.45) is 4.07.